The van der Waals surface area contributed by atoms with Crippen molar-refractivity contribution in [3.05, 3.63) is 34.9 Å². The van der Waals surface area contributed by atoms with E-state index in [1.807, 2.05) is 17.8 Å². The number of hydrogen-bond acceptors (Lipinski definition) is 2. The number of rotatable bonds is 1. The van der Waals surface area contributed by atoms with Gasteiger partial charge in [0.2, 0.25) is 0 Å². The predicted octanol–water partition coefficient (Wildman–Crippen LogP) is 2.59. The minimum absolute atomic E-state index is 0.565. The first-order chi connectivity index (χ1) is 7.49. The van der Waals surface area contributed by atoms with Crippen LogP contribution in [0.1, 0.15) is 16.7 Å². The minimum atomic E-state index is 0.565. The van der Waals surface area contributed by atoms with Crippen molar-refractivity contribution in [3.63, 3.8) is 0 Å². The monoisotopic (exact) mass is 215 g/mol. The third-order valence-corrected chi connectivity index (χ3v) is 3.02. The zero-order valence-corrected chi connectivity index (χ0v) is 10.2. The Kier molecular flexibility index (Phi) is 2.46. The fourth-order valence-corrected chi connectivity index (χ4v) is 1.98. The smallest absolute Gasteiger partial charge is 0.146 e. The zero-order chi connectivity index (χ0) is 11.9. The molecular weight excluding hydrogens is 198 g/mol. The number of aryl methyl sites for hydroxylation is 4. The van der Waals surface area contributed by atoms with Crippen molar-refractivity contribution in [2.75, 3.05) is 5.73 Å². The lowest BCUT2D eigenvalue weighted by Gasteiger charge is -2.09. The summed E-state index contributed by atoms with van der Waals surface area (Å²) in [5.41, 5.74) is 11.8. The van der Waals surface area contributed by atoms with E-state index in [1.165, 1.54) is 22.3 Å². The zero-order valence-electron chi connectivity index (χ0n) is 10.2. The molecule has 0 aliphatic carbocycles. The fourth-order valence-electron chi connectivity index (χ4n) is 1.98. The topological polar surface area (TPSA) is 43.8 Å². The van der Waals surface area contributed by atoms with E-state index in [1.54, 1.807) is 0 Å². The molecule has 3 nitrogen and oxygen atoms in total. The van der Waals surface area contributed by atoms with E-state index in [9.17, 15) is 0 Å². The van der Waals surface area contributed by atoms with Crippen molar-refractivity contribution in [1.29, 1.82) is 0 Å². The van der Waals surface area contributed by atoms with Crippen LogP contribution in [-0.2, 0) is 7.05 Å². The van der Waals surface area contributed by atoms with Crippen molar-refractivity contribution in [2.24, 2.45) is 7.05 Å². The molecule has 1 aromatic heterocycles. The summed E-state index contributed by atoms with van der Waals surface area (Å²) in [5, 5.41) is 4.18. The van der Waals surface area contributed by atoms with Crippen molar-refractivity contribution in [1.82, 2.24) is 9.78 Å². The van der Waals surface area contributed by atoms with Crippen LogP contribution in [0.5, 0.6) is 0 Å². The van der Waals surface area contributed by atoms with E-state index < -0.39 is 0 Å². The van der Waals surface area contributed by atoms with Crippen LogP contribution in [0.2, 0.25) is 0 Å². The molecule has 2 aromatic rings. The second kappa shape index (κ2) is 3.67. The summed E-state index contributed by atoms with van der Waals surface area (Å²) in [4.78, 5) is 0. The normalized spacial score (nSPS) is 10.8. The highest BCUT2D eigenvalue weighted by Crippen LogP contribution is 2.27. The number of benzene rings is 1. The molecule has 0 atom stereocenters. The van der Waals surface area contributed by atoms with Gasteiger partial charge in [0, 0.05) is 18.7 Å². The molecule has 1 aromatic carbocycles. The summed E-state index contributed by atoms with van der Waals surface area (Å²) in [5.74, 6) is 0.565. The Bertz CT molecular complexity index is 538. The second-order valence-electron chi connectivity index (χ2n) is 4.33. The van der Waals surface area contributed by atoms with Gasteiger partial charge in [-0.2, -0.15) is 5.10 Å². The largest absolute Gasteiger partial charge is 0.382 e. The van der Waals surface area contributed by atoms with Crippen molar-refractivity contribution >= 4 is 5.82 Å². The van der Waals surface area contributed by atoms with Crippen LogP contribution in [0.4, 0.5) is 5.82 Å². The Morgan fingerprint density at radius 3 is 2.19 bits per heavy atom. The number of anilines is 1. The van der Waals surface area contributed by atoms with E-state index >= 15 is 0 Å². The van der Waals surface area contributed by atoms with E-state index in [0.717, 1.165) is 5.69 Å². The van der Waals surface area contributed by atoms with Gasteiger partial charge in [0.25, 0.3) is 0 Å². The van der Waals surface area contributed by atoms with E-state index in [-0.39, 0.29) is 0 Å². The lowest BCUT2D eigenvalue weighted by atomic mass is 9.99. The molecule has 0 fully saturated rings. The number of hydrogen-bond donors (Lipinski definition) is 1. The number of nitrogens with zero attached hydrogens (tertiary/aromatic N) is 2. The van der Waals surface area contributed by atoms with Gasteiger partial charge in [0.15, 0.2) is 0 Å². The summed E-state index contributed by atoms with van der Waals surface area (Å²) >= 11 is 0. The molecule has 0 spiro atoms. The molecule has 0 unspecified atom stereocenters. The number of nitrogen functional groups attached to an aromatic ring is 1. The second-order valence-corrected chi connectivity index (χ2v) is 4.33. The van der Waals surface area contributed by atoms with Gasteiger partial charge in [-0.15, -0.1) is 0 Å². The van der Waals surface area contributed by atoms with Crippen LogP contribution in [-0.4, -0.2) is 9.78 Å². The molecule has 0 aliphatic rings. The maximum Gasteiger partial charge on any atom is 0.146 e. The van der Waals surface area contributed by atoms with Crippen molar-refractivity contribution in [3.8, 4) is 11.3 Å². The summed E-state index contributed by atoms with van der Waals surface area (Å²) in [7, 11) is 1.92. The van der Waals surface area contributed by atoms with Gasteiger partial charge in [-0.25, -0.2) is 0 Å². The molecule has 16 heavy (non-hydrogen) atoms. The molecule has 3 heteroatoms. The summed E-state index contributed by atoms with van der Waals surface area (Å²) in [6, 6.07) is 6.31. The van der Waals surface area contributed by atoms with Crippen LogP contribution in [0.25, 0.3) is 11.3 Å². The quantitative estimate of drug-likeness (QED) is 0.794. The Morgan fingerprint density at radius 2 is 1.62 bits per heavy atom. The molecule has 0 amide bonds. The Hall–Kier alpha value is -1.77. The van der Waals surface area contributed by atoms with Gasteiger partial charge in [0.1, 0.15) is 5.82 Å². The van der Waals surface area contributed by atoms with Crippen LogP contribution in [0, 0.1) is 20.8 Å². The number of nitrogens with two attached hydrogens (primary N) is 1. The van der Waals surface area contributed by atoms with Gasteiger partial charge in [-0.05, 0) is 43.5 Å². The molecular formula is C13H17N3. The summed E-state index contributed by atoms with van der Waals surface area (Å²) in [6.45, 7) is 6.37. The maximum absolute atomic E-state index is 5.70. The highest BCUT2D eigenvalue weighted by Gasteiger charge is 2.09. The first kappa shape index (κ1) is 10.7. The SMILES string of the molecule is Cc1cc(C)c(-c2cc(N)nn2C)cc1C. The summed E-state index contributed by atoms with van der Waals surface area (Å²) in [6.07, 6.45) is 0. The van der Waals surface area contributed by atoms with Crippen LogP contribution >= 0.6 is 0 Å². The number of aromatic nitrogens is 2. The first-order valence-electron chi connectivity index (χ1n) is 5.37. The molecule has 2 rings (SSSR count). The van der Waals surface area contributed by atoms with Gasteiger partial charge in [0.05, 0.1) is 5.69 Å². The molecule has 1 heterocycles. The van der Waals surface area contributed by atoms with E-state index in [0.29, 0.717) is 5.82 Å². The third kappa shape index (κ3) is 1.69. The molecule has 84 valence electrons. The highest BCUT2D eigenvalue weighted by molar-refractivity contribution is 5.67. The Labute approximate surface area is 95.9 Å². The summed E-state index contributed by atoms with van der Waals surface area (Å²) < 4.78 is 1.83. The molecule has 0 saturated carbocycles. The highest BCUT2D eigenvalue weighted by atomic mass is 15.3. The molecule has 0 aliphatic heterocycles. The molecule has 0 radical (unpaired) electrons. The van der Waals surface area contributed by atoms with Crippen LogP contribution in [0.3, 0.4) is 0 Å². The average Bonchev–Trinajstić information content (AvgIpc) is 2.51. The van der Waals surface area contributed by atoms with Gasteiger partial charge < -0.3 is 5.73 Å². The molecule has 0 bridgehead atoms. The Morgan fingerprint density at radius 1 is 1.00 bits per heavy atom. The van der Waals surface area contributed by atoms with E-state index in [4.69, 9.17) is 5.73 Å². The van der Waals surface area contributed by atoms with Crippen LogP contribution < -0.4 is 5.73 Å². The van der Waals surface area contributed by atoms with Crippen molar-refractivity contribution < 1.29 is 0 Å². The molecule has 2 N–H and O–H groups in total. The first-order valence-corrected chi connectivity index (χ1v) is 5.37. The van der Waals surface area contributed by atoms with Crippen LogP contribution in [0.15, 0.2) is 18.2 Å². The van der Waals surface area contributed by atoms with Gasteiger partial charge in [-0.3, -0.25) is 4.68 Å². The lowest BCUT2D eigenvalue weighted by molar-refractivity contribution is 0.779. The van der Waals surface area contributed by atoms with Crippen molar-refractivity contribution in [2.45, 2.75) is 20.8 Å². The predicted molar refractivity (Wildman–Crippen MR) is 67.3 cm³/mol. The van der Waals surface area contributed by atoms with Gasteiger partial charge >= 0.3 is 0 Å². The lowest BCUT2D eigenvalue weighted by Crippen LogP contribution is -1.97. The Balaban J connectivity index is 2.64. The molecule has 0 saturated heterocycles. The van der Waals surface area contributed by atoms with E-state index in [2.05, 4.69) is 38.0 Å². The minimum Gasteiger partial charge on any atom is -0.382 e. The standard InChI is InChI=1S/C13H17N3/c1-8-5-10(3)11(6-9(8)2)12-7-13(14)15-16(12)4/h5-7H,1-4H3,(H2,14,15). The average molecular weight is 215 g/mol. The van der Waals surface area contributed by atoms with Gasteiger partial charge in [-0.1, -0.05) is 6.07 Å². The maximum atomic E-state index is 5.70. The third-order valence-electron chi connectivity index (χ3n) is 3.02. The fraction of sp³-hybridized carbons (Fsp3) is 0.308.